The largest absolute Gasteiger partial charge is 0.338 e. The van der Waals surface area contributed by atoms with Crippen LogP contribution in [0, 0.1) is 5.92 Å². The predicted molar refractivity (Wildman–Crippen MR) is 119 cm³/mol. The van der Waals surface area contributed by atoms with E-state index >= 15 is 0 Å². The number of anilines is 1. The molecule has 0 fully saturated rings. The molecule has 2 atom stereocenters. The molecule has 1 heterocycles. The highest BCUT2D eigenvalue weighted by Crippen LogP contribution is 2.37. The van der Waals surface area contributed by atoms with Crippen LogP contribution in [-0.2, 0) is 26.0 Å². The maximum Gasteiger partial charge on any atom is 0.237 e. The SMILES string of the molecule is CCN(Cc1ccccc1)C(=O)[C@H](C)CS(=O)(=O)c1ccc2c(c1)NC(=O)[C@H](C)S2. The standard InChI is InChI=1S/C22H26N2O4S2/c1-4-24(13-17-8-6-5-7-9-17)22(26)15(2)14-30(27,28)18-10-11-20-19(12-18)23-21(25)16(3)29-20/h5-12,15-16H,4,13-14H2,1-3H3,(H,23,25)/t15-,16+/m1/s1. The van der Waals surface area contributed by atoms with Crippen molar-refractivity contribution in [2.75, 3.05) is 17.6 Å². The van der Waals surface area contributed by atoms with E-state index in [1.54, 1.807) is 30.9 Å². The molecule has 30 heavy (non-hydrogen) atoms. The highest BCUT2D eigenvalue weighted by atomic mass is 32.2. The lowest BCUT2D eigenvalue weighted by Gasteiger charge is -2.25. The first-order chi connectivity index (χ1) is 14.2. The molecule has 0 aliphatic carbocycles. The van der Waals surface area contributed by atoms with Gasteiger partial charge in [-0.2, -0.15) is 0 Å². The Morgan fingerprint density at radius 3 is 2.57 bits per heavy atom. The molecule has 1 aliphatic rings. The van der Waals surface area contributed by atoms with Gasteiger partial charge >= 0.3 is 0 Å². The van der Waals surface area contributed by atoms with E-state index in [2.05, 4.69) is 5.32 Å². The van der Waals surface area contributed by atoms with Gasteiger partial charge in [0.1, 0.15) is 0 Å². The van der Waals surface area contributed by atoms with Crippen LogP contribution < -0.4 is 5.32 Å². The molecule has 0 bridgehead atoms. The number of carbonyl (C=O) groups excluding carboxylic acids is 2. The number of fused-ring (bicyclic) bond motifs is 1. The molecular formula is C22H26N2O4S2. The summed E-state index contributed by atoms with van der Waals surface area (Å²) in [6.45, 7) is 6.27. The van der Waals surface area contributed by atoms with Crippen molar-refractivity contribution in [2.24, 2.45) is 5.92 Å². The van der Waals surface area contributed by atoms with Crippen LogP contribution in [-0.4, -0.2) is 42.7 Å². The van der Waals surface area contributed by atoms with Crippen molar-refractivity contribution in [1.82, 2.24) is 4.90 Å². The number of amides is 2. The van der Waals surface area contributed by atoms with E-state index in [1.807, 2.05) is 37.3 Å². The van der Waals surface area contributed by atoms with Crippen molar-refractivity contribution in [3.8, 4) is 0 Å². The lowest BCUT2D eigenvalue weighted by atomic mass is 10.1. The van der Waals surface area contributed by atoms with Crippen molar-refractivity contribution >= 4 is 39.1 Å². The number of thioether (sulfide) groups is 1. The van der Waals surface area contributed by atoms with Crippen molar-refractivity contribution in [2.45, 2.75) is 42.4 Å². The Labute approximate surface area is 182 Å². The average molecular weight is 447 g/mol. The number of nitrogens with zero attached hydrogens (tertiary/aromatic N) is 1. The van der Waals surface area contributed by atoms with Gasteiger partial charge < -0.3 is 10.2 Å². The lowest BCUT2D eigenvalue weighted by molar-refractivity contribution is -0.134. The van der Waals surface area contributed by atoms with E-state index < -0.39 is 15.8 Å². The van der Waals surface area contributed by atoms with Crippen molar-refractivity contribution < 1.29 is 18.0 Å². The maximum absolute atomic E-state index is 13.0. The fraction of sp³-hybridized carbons (Fsp3) is 0.364. The summed E-state index contributed by atoms with van der Waals surface area (Å²) in [5.41, 5.74) is 1.50. The van der Waals surface area contributed by atoms with Crippen LogP contribution in [0.5, 0.6) is 0 Å². The Balaban J connectivity index is 1.73. The first-order valence-corrected chi connectivity index (χ1v) is 12.4. The molecule has 8 heteroatoms. The Morgan fingerprint density at radius 1 is 1.20 bits per heavy atom. The highest BCUT2D eigenvalue weighted by Gasteiger charge is 2.29. The van der Waals surface area contributed by atoms with Gasteiger partial charge in [0.15, 0.2) is 9.84 Å². The summed E-state index contributed by atoms with van der Waals surface area (Å²) in [7, 11) is -3.69. The van der Waals surface area contributed by atoms with E-state index in [0.717, 1.165) is 10.5 Å². The first-order valence-electron chi connectivity index (χ1n) is 9.88. The van der Waals surface area contributed by atoms with E-state index in [9.17, 15) is 18.0 Å². The van der Waals surface area contributed by atoms with Gasteiger partial charge in [-0.1, -0.05) is 37.3 Å². The molecule has 0 unspecified atom stereocenters. The molecular weight excluding hydrogens is 420 g/mol. The zero-order chi connectivity index (χ0) is 21.9. The molecule has 0 saturated heterocycles. The Bertz CT molecular complexity index is 1040. The van der Waals surface area contributed by atoms with E-state index in [-0.39, 0.29) is 27.7 Å². The molecule has 0 spiro atoms. The second-order valence-corrected chi connectivity index (χ2v) is 10.8. The molecule has 0 radical (unpaired) electrons. The highest BCUT2D eigenvalue weighted by molar-refractivity contribution is 8.01. The van der Waals surface area contributed by atoms with Gasteiger partial charge in [-0.3, -0.25) is 9.59 Å². The van der Waals surface area contributed by atoms with E-state index in [0.29, 0.717) is 18.8 Å². The summed E-state index contributed by atoms with van der Waals surface area (Å²) < 4.78 is 25.9. The zero-order valence-electron chi connectivity index (χ0n) is 17.3. The van der Waals surface area contributed by atoms with Crippen LogP contribution in [0.2, 0.25) is 0 Å². The molecule has 1 aliphatic heterocycles. The quantitative estimate of drug-likeness (QED) is 0.703. The lowest BCUT2D eigenvalue weighted by Crippen LogP contribution is -2.37. The van der Waals surface area contributed by atoms with Gasteiger partial charge in [0.25, 0.3) is 0 Å². The number of carbonyl (C=O) groups is 2. The first kappa shape index (κ1) is 22.4. The molecule has 1 N–H and O–H groups in total. The molecule has 2 amide bonds. The summed E-state index contributed by atoms with van der Waals surface area (Å²) >= 11 is 1.40. The normalized spacial score (nSPS) is 17.0. The minimum Gasteiger partial charge on any atom is -0.338 e. The van der Waals surface area contributed by atoms with Gasteiger partial charge in [0.2, 0.25) is 11.8 Å². The van der Waals surface area contributed by atoms with Gasteiger partial charge in [0, 0.05) is 23.9 Å². The predicted octanol–water partition coefficient (Wildman–Crippen LogP) is 3.58. The van der Waals surface area contributed by atoms with E-state index in [1.165, 1.54) is 17.8 Å². The number of hydrogen-bond acceptors (Lipinski definition) is 5. The molecule has 0 aromatic heterocycles. The third kappa shape index (κ3) is 5.05. The molecule has 160 valence electrons. The van der Waals surface area contributed by atoms with E-state index in [4.69, 9.17) is 0 Å². The molecule has 6 nitrogen and oxygen atoms in total. The van der Waals surface area contributed by atoms with Crippen molar-refractivity contribution in [3.05, 3.63) is 54.1 Å². The minimum absolute atomic E-state index is 0.113. The molecule has 3 rings (SSSR count). The number of rotatable bonds is 7. The van der Waals surface area contributed by atoms with Gasteiger partial charge in [-0.25, -0.2) is 8.42 Å². The van der Waals surface area contributed by atoms with Crippen molar-refractivity contribution in [3.63, 3.8) is 0 Å². The van der Waals surface area contributed by atoms with Crippen molar-refractivity contribution in [1.29, 1.82) is 0 Å². The third-order valence-corrected chi connectivity index (χ3v) is 8.13. The second kappa shape index (κ2) is 9.22. The number of benzene rings is 2. The summed E-state index contributed by atoms with van der Waals surface area (Å²) in [5, 5.41) is 2.53. The summed E-state index contributed by atoms with van der Waals surface area (Å²) in [5.74, 6) is -1.31. The van der Waals surface area contributed by atoms with Gasteiger partial charge in [-0.05, 0) is 37.6 Å². The second-order valence-electron chi connectivity index (χ2n) is 7.43. The van der Waals surface area contributed by atoms with Gasteiger partial charge in [-0.15, -0.1) is 11.8 Å². The van der Waals surface area contributed by atoms with Crippen LogP contribution in [0.25, 0.3) is 0 Å². The third-order valence-electron chi connectivity index (χ3n) is 5.04. The number of hydrogen-bond donors (Lipinski definition) is 1. The van der Waals surface area contributed by atoms with Crippen LogP contribution in [0.1, 0.15) is 26.3 Å². The summed E-state index contributed by atoms with van der Waals surface area (Å²) in [6.07, 6.45) is 0. The molecule has 2 aromatic carbocycles. The zero-order valence-corrected chi connectivity index (χ0v) is 18.9. The number of nitrogens with one attached hydrogen (secondary N) is 1. The Kier molecular flexibility index (Phi) is 6.88. The number of sulfone groups is 1. The fourth-order valence-corrected chi connectivity index (χ4v) is 5.84. The fourth-order valence-electron chi connectivity index (χ4n) is 3.34. The minimum atomic E-state index is -3.69. The summed E-state index contributed by atoms with van der Waals surface area (Å²) in [4.78, 5) is 27.4. The molecule has 0 saturated carbocycles. The Morgan fingerprint density at radius 2 is 1.90 bits per heavy atom. The summed E-state index contributed by atoms with van der Waals surface area (Å²) in [6, 6.07) is 14.4. The smallest absolute Gasteiger partial charge is 0.237 e. The monoisotopic (exact) mass is 446 g/mol. The van der Waals surface area contributed by atoms with Crippen LogP contribution in [0.4, 0.5) is 5.69 Å². The average Bonchev–Trinajstić information content (AvgIpc) is 2.72. The Hall–Kier alpha value is -2.32. The topological polar surface area (TPSA) is 83.6 Å². The maximum atomic E-state index is 13.0. The van der Waals surface area contributed by atoms with Crippen LogP contribution in [0.3, 0.4) is 0 Å². The van der Waals surface area contributed by atoms with Gasteiger partial charge in [0.05, 0.1) is 21.6 Å². The van der Waals surface area contributed by atoms with Crippen LogP contribution in [0.15, 0.2) is 58.3 Å². The molecule has 2 aromatic rings. The van der Waals surface area contributed by atoms with Crippen LogP contribution >= 0.6 is 11.8 Å².